The molecule has 2 atom stereocenters. The van der Waals surface area contributed by atoms with Gasteiger partial charge in [0.2, 0.25) is 0 Å². The Bertz CT molecular complexity index is 75.7. The Hall–Kier alpha value is 2.18. The summed E-state index contributed by atoms with van der Waals surface area (Å²) < 4.78 is -1.20. The minimum atomic E-state index is -0.809. The van der Waals surface area contributed by atoms with Crippen molar-refractivity contribution in [1.82, 2.24) is 0 Å². The Morgan fingerprint density at radius 3 is 2.00 bits per heavy atom. The zero-order valence-corrected chi connectivity index (χ0v) is 9.63. The number of rotatable bonds is 2. The van der Waals surface area contributed by atoms with E-state index in [2.05, 4.69) is 31.9 Å². The molecule has 8 heavy (non-hydrogen) atoms. The minimum absolute atomic E-state index is 0.390. The molecule has 0 bridgehead atoms. The Balaban J connectivity index is 3.71. The first-order chi connectivity index (χ1) is 3.50. The number of halogens is 5. The molecule has 0 amide bonds. The van der Waals surface area contributed by atoms with Crippen LogP contribution in [0.4, 0.5) is 0 Å². The fourth-order valence-corrected chi connectivity index (χ4v) is 1.24. The van der Waals surface area contributed by atoms with E-state index in [1.165, 1.54) is 0 Å². The van der Waals surface area contributed by atoms with Gasteiger partial charge < -0.3 is 0 Å². The number of hydrogen-bond acceptors (Lipinski definition) is 1. The van der Waals surface area contributed by atoms with Crippen LogP contribution in [0, 0.1) is 0 Å². The fraction of sp³-hybridized carbons (Fsp3) is 1.00. The molecule has 0 fully saturated rings. The molecule has 0 saturated carbocycles. The highest BCUT2D eigenvalue weighted by Crippen LogP contribution is 2.46. The van der Waals surface area contributed by atoms with Crippen LogP contribution in [0.1, 0.15) is 0 Å². The van der Waals surface area contributed by atoms with Gasteiger partial charge in [-0.15, -0.1) is 11.6 Å². The molecule has 2 unspecified atom stereocenters. The van der Waals surface area contributed by atoms with Crippen molar-refractivity contribution in [3.63, 3.8) is 0 Å². The van der Waals surface area contributed by atoms with Crippen molar-refractivity contribution in [3.8, 4) is 0 Å². The molecule has 0 aromatic heterocycles. The summed E-state index contributed by atoms with van der Waals surface area (Å²) in [6, 6.07) is 0. The summed E-state index contributed by atoms with van der Waals surface area (Å²) in [6.07, 6.45) is 0. The monoisotopic (exact) mass is 320 g/mol. The van der Waals surface area contributed by atoms with Gasteiger partial charge in [0.05, 0.1) is 0 Å². The lowest BCUT2D eigenvalue weighted by Gasteiger charge is -2.15. The van der Waals surface area contributed by atoms with Gasteiger partial charge in [-0.05, 0) is 21.7 Å². The van der Waals surface area contributed by atoms with Crippen LogP contribution in [0.3, 0.4) is 0 Å². The standard InChI is InChI=1S/C2HBr2Cl3S/c3-1(5)2(4,6)8-7/h1H. The maximum atomic E-state index is 5.62. The van der Waals surface area contributed by atoms with E-state index in [1.807, 2.05) is 0 Å². The van der Waals surface area contributed by atoms with Crippen LogP contribution >= 0.6 is 76.7 Å². The normalized spacial score (nSPS) is 22.1. The third-order valence-corrected chi connectivity index (χ3v) is 6.42. The van der Waals surface area contributed by atoms with E-state index in [0.29, 0.717) is 0 Å². The van der Waals surface area contributed by atoms with E-state index in [4.69, 9.17) is 33.9 Å². The SMILES string of the molecule is ClSC(Cl)(Br)C(Cl)Br. The minimum Gasteiger partial charge on any atom is -0.107 e. The molecule has 0 aliphatic heterocycles. The van der Waals surface area contributed by atoms with Gasteiger partial charge in [0.25, 0.3) is 0 Å². The van der Waals surface area contributed by atoms with E-state index in [1.54, 1.807) is 0 Å². The van der Waals surface area contributed by atoms with E-state index >= 15 is 0 Å². The second kappa shape index (κ2) is 4.14. The van der Waals surface area contributed by atoms with Crippen LogP contribution in [0.2, 0.25) is 0 Å². The van der Waals surface area contributed by atoms with Crippen LogP contribution in [0.5, 0.6) is 0 Å². The Morgan fingerprint density at radius 2 is 2.00 bits per heavy atom. The second-order valence-electron chi connectivity index (χ2n) is 0.940. The summed E-state index contributed by atoms with van der Waals surface area (Å²) in [5, 5.41) is 0. The van der Waals surface area contributed by atoms with E-state index in [-0.39, 0.29) is 4.29 Å². The summed E-state index contributed by atoms with van der Waals surface area (Å²) in [4.78, 5) is 0. The van der Waals surface area contributed by atoms with Crippen molar-refractivity contribution in [3.05, 3.63) is 0 Å². The molecule has 0 nitrogen and oxygen atoms in total. The van der Waals surface area contributed by atoms with Gasteiger partial charge in [0.15, 0.2) is 3.12 Å². The molecule has 50 valence electrons. The first-order valence-electron chi connectivity index (χ1n) is 1.46. The van der Waals surface area contributed by atoms with Crippen molar-refractivity contribution in [2.75, 3.05) is 0 Å². The van der Waals surface area contributed by atoms with Gasteiger partial charge in [0, 0.05) is 0 Å². The predicted octanol–water partition coefficient (Wildman–Crippen LogP) is 4.12. The number of hydrogen-bond donors (Lipinski definition) is 0. The Labute approximate surface area is 83.4 Å². The molecule has 0 aromatic rings. The van der Waals surface area contributed by atoms with Crippen LogP contribution in [-0.4, -0.2) is 7.40 Å². The molecule has 6 heteroatoms. The van der Waals surface area contributed by atoms with Gasteiger partial charge in [-0.1, -0.05) is 43.5 Å². The van der Waals surface area contributed by atoms with Gasteiger partial charge in [-0.25, -0.2) is 0 Å². The van der Waals surface area contributed by atoms with Crippen LogP contribution in [-0.2, 0) is 0 Å². The Kier molecular flexibility index (Phi) is 5.27. The molecule has 0 radical (unpaired) electrons. The third-order valence-electron chi connectivity index (χ3n) is 0.357. The highest BCUT2D eigenvalue weighted by molar-refractivity contribution is 9.15. The summed E-state index contributed by atoms with van der Waals surface area (Å²) in [5.41, 5.74) is 0. The second-order valence-corrected chi connectivity index (χ2v) is 7.13. The largest absolute Gasteiger partial charge is 0.184 e. The van der Waals surface area contributed by atoms with E-state index < -0.39 is 3.12 Å². The van der Waals surface area contributed by atoms with E-state index in [0.717, 1.165) is 11.0 Å². The van der Waals surface area contributed by atoms with Crippen LogP contribution in [0.15, 0.2) is 0 Å². The highest BCUT2D eigenvalue weighted by Gasteiger charge is 2.31. The maximum absolute atomic E-state index is 5.62. The highest BCUT2D eigenvalue weighted by atomic mass is 79.9. The lowest BCUT2D eigenvalue weighted by Crippen LogP contribution is -2.12. The maximum Gasteiger partial charge on any atom is 0.184 e. The predicted molar refractivity (Wildman–Crippen MR) is 49.5 cm³/mol. The molecule has 0 saturated heterocycles. The third kappa shape index (κ3) is 3.37. The zero-order valence-electron chi connectivity index (χ0n) is 3.38. The molecular formula is C2HBr2Cl3S. The Morgan fingerprint density at radius 1 is 1.62 bits per heavy atom. The molecule has 0 rings (SSSR count). The van der Waals surface area contributed by atoms with Gasteiger partial charge >= 0.3 is 0 Å². The average molecular weight is 323 g/mol. The lowest BCUT2D eigenvalue weighted by atomic mass is 10.9. The van der Waals surface area contributed by atoms with Crippen LogP contribution < -0.4 is 0 Å². The first-order valence-corrected chi connectivity index (χ1v) is 5.63. The lowest BCUT2D eigenvalue weighted by molar-refractivity contribution is 1.30. The summed E-state index contributed by atoms with van der Waals surface area (Å²) >= 11 is 17.2. The van der Waals surface area contributed by atoms with Gasteiger partial charge in [-0.2, -0.15) is 0 Å². The molecular weight excluding hydrogens is 322 g/mol. The molecule has 0 heterocycles. The topological polar surface area (TPSA) is 0 Å². The van der Waals surface area contributed by atoms with Crippen molar-refractivity contribution in [2.45, 2.75) is 7.40 Å². The molecule has 0 aliphatic carbocycles. The smallest absolute Gasteiger partial charge is 0.107 e. The first kappa shape index (κ1) is 10.2. The molecule has 0 aliphatic rings. The molecule has 0 spiro atoms. The summed E-state index contributed by atoms with van der Waals surface area (Å²) in [7, 11) is 6.22. The molecule has 0 N–H and O–H groups in total. The van der Waals surface area contributed by atoms with Gasteiger partial charge in [-0.3, -0.25) is 0 Å². The van der Waals surface area contributed by atoms with Gasteiger partial charge in [0.1, 0.15) is 4.29 Å². The average Bonchev–Trinajstić information content (AvgIpc) is 1.67. The van der Waals surface area contributed by atoms with Crippen molar-refractivity contribution >= 4 is 76.7 Å². The van der Waals surface area contributed by atoms with Crippen molar-refractivity contribution < 1.29 is 0 Å². The van der Waals surface area contributed by atoms with Crippen LogP contribution in [0.25, 0.3) is 0 Å². The zero-order chi connectivity index (χ0) is 6.78. The quantitative estimate of drug-likeness (QED) is 0.689. The van der Waals surface area contributed by atoms with E-state index in [9.17, 15) is 0 Å². The van der Waals surface area contributed by atoms with Crippen molar-refractivity contribution in [2.24, 2.45) is 0 Å². The van der Waals surface area contributed by atoms with Crippen molar-refractivity contribution in [1.29, 1.82) is 0 Å². The number of alkyl halides is 4. The molecule has 0 aromatic carbocycles. The summed E-state index contributed by atoms with van der Waals surface area (Å²) in [5.74, 6) is 0. The summed E-state index contributed by atoms with van der Waals surface area (Å²) in [6.45, 7) is 0. The fourth-order valence-electron chi connectivity index (χ4n) is 0.0337.